The van der Waals surface area contributed by atoms with Crippen molar-refractivity contribution in [3.63, 3.8) is 0 Å². The van der Waals surface area contributed by atoms with E-state index in [1.54, 1.807) is 0 Å². The van der Waals surface area contributed by atoms with Crippen molar-refractivity contribution < 1.29 is 14.3 Å². The van der Waals surface area contributed by atoms with E-state index in [4.69, 9.17) is 0 Å². The summed E-state index contributed by atoms with van der Waals surface area (Å²) in [6.07, 6.45) is 5.69. The number of methoxy groups -OCH3 is 1. The van der Waals surface area contributed by atoms with Gasteiger partial charge in [-0.3, -0.25) is 9.59 Å². The van der Waals surface area contributed by atoms with E-state index in [2.05, 4.69) is 15.4 Å². The van der Waals surface area contributed by atoms with Gasteiger partial charge in [-0.2, -0.15) is 0 Å². The molecule has 1 aliphatic heterocycles. The lowest BCUT2D eigenvalue weighted by Gasteiger charge is -2.25. The Labute approximate surface area is 109 Å². The van der Waals surface area contributed by atoms with Gasteiger partial charge in [0.05, 0.1) is 13.0 Å². The molecular weight excluding hydrogens is 232 g/mol. The summed E-state index contributed by atoms with van der Waals surface area (Å²) in [6.45, 7) is 2.41. The normalized spacial score (nSPS) is 14.9. The third-order valence-electron chi connectivity index (χ3n) is 3.24. The van der Waals surface area contributed by atoms with Crippen molar-refractivity contribution in [2.45, 2.75) is 38.5 Å². The average molecular weight is 256 g/mol. The first kappa shape index (κ1) is 15.0. The molecule has 0 bridgehead atoms. The Morgan fingerprint density at radius 3 is 2.44 bits per heavy atom. The number of amides is 1. The van der Waals surface area contributed by atoms with Crippen LogP contribution in [0.4, 0.5) is 0 Å². The number of carbonyl (C=O) groups excluding carboxylic acids is 2. The maximum absolute atomic E-state index is 11.5. The molecule has 1 heterocycles. The van der Waals surface area contributed by atoms with Gasteiger partial charge in [-0.25, -0.2) is 0 Å². The van der Waals surface area contributed by atoms with E-state index in [-0.39, 0.29) is 17.8 Å². The van der Waals surface area contributed by atoms with Gasteiger partial charge in [0.1, 0.15) is 0 Å². The highest BCUT2D eigenvalue weighted by molar-refractivity contribution is 5.79. The molecule has 1 aliphatic rings. The fraction of sp³-hybridized carbons (Fsp3) is 0.846. The van der Waals surface area contributed by atoms with Crippen molar-refractivity contribution in [3.8, 4) is 0 Å². The van der Waals surface area contributed by atoms with Crippen LogP contribution in [-0.2, 0) is 14.3 Å². The van der Waals surface area contributed by atoms with Crippen LogP contribution in [0.5, 0.6) is 0 Å². The molecule has 0 atom stereocenters. The van der Waals surface area contributed by atoms with Crippen LogP contribution in [0.15, 0.2) is 0 Å². The number of carbonyl (C=O) groups is 2. The van der Waals surface area contributed by atoms with Crippen molar-refractivity contribution in [3.05, 3.63) is 0 Å². The Kier molecular flexibility index (Phi) is 7.41. The minimum Gasteiger partial charge on any atom is -0.469 e. The van der Waals surface area contributed by atoms with Crippen LogP contribution < -0.4 is 10.6 Å². The highest BCUT2D eigenvalue weighted by atomic mass is 16.5. The Morgan fingerprint density at radius 1 is 1.17 bits per heavy atom. The fourth-order valence-electron chi connectivity index (χ4n) is 1.86. The van der Waals surface area contributed by atoms with Crippen LogP contribution in [0.1, 0.15) is 38.5 Å². The zero-order valence-corrected chi connectivity index (χ0v) is 11.2. The van der Waals surface area contributed by atoms with Crippen LogP contribution in [0.2, 0.25) is 0 Å². The zero-order chi connectivity index (χ0) is 13.2. The maximum atomic E-state index is 11.5. The van der Waals surface area contributed by atoms with Gasteiger partial charge in [-0.15, -0.1) is 0 Å². The van der Waals surface area contributed by atoms with E-state index in [1.807, 2.05) is 0 Å². The third-order valence-corrected chi connectivity index (χ3v) is 3.24. The van der Waals surface area contributed by atoms with Crippen molar-refractivity contribution >= 4 is 11.9 Å². The molecule has 2 N–H and O–H groups in total. The first-order valence-corrected chi connectivity index (χ1v) is 6.79. The maximum Gasteiger partial charge on any atom is 0.305 e. The van der Waals surface area contributed by atoms with Gasteiger partial charge in [0, 0.05) is 26.1 Å². The molecule has 0 aromatic carbocycles. The van der Waals surface area contributed by atoms with Crippen LogP contribution >= 0.6 is 0 Å². The topological polar surface area (TPSA) is 67.4 Å². The van der Waals surface area contributed by atoms with E-state index in [0.717, 1.165) is 51.7 Å². The summed E-state index contributed by atoms with van der Waals surface area (Å²) in [5, 5.41) is 6.03. The summed E-state index contributed by atoms with van der Waals surface area (Å²) in [5.74, 6) is 0.237. The predicted octanol–water partition coefficient (Wildman–Crippen LogP) is 0.836. The van der Waals surface area contributed by atoms with Gasteiger partial charge in [-0.1, -0.05) is 19.3 Å². The number of unbranched alkanes of at least 4 members (excludes halogenated alkanes) is 4. The van der Waals surface area contributed by atoms with Gasteiger partial charge in [0.2, 0.25) is 5.91 Å². The van der Waals surface area contributed by atoms with E-state index >= 15 is 0 Å². The number of rotatable bonds is 9. The number of nitrogens with one attached hydrogen (secondary N) is 2. The molecule has 1 rings (SSSR count). The second-order valence-corrected chi connectivity index (χ2v) is 4.74. The molecule has 0 saturated carbocycles. The minimum atomic E-state index is -0.128. The molecule has 18 heavy (non-hydrogen) atoms. The second kappa shape index (κ2) is 8.91. The van der Waals surface area contributed by atoms with Crippen molar-refractivity contribution in [1.82, 2.24) is 10.6 Å². The third kappa shape index (κ3) is 6.00. The molecule has 1 amide bonds. The molecule has 104 valence electrons. The second-order valence-electron chi connectivity index (χ2n) is 4.74. The standard InChI is InChI=1S/C13H24N2O3/c1-18-12(16)7-5-3-2-4-6-8-15-13(17)11-9-14-10-11/h11,14H,2-10H2,1H3,(H,15,17). The number of esters is 1. The number of ether oxygens (including phenoxy) is 1. The van der Waals surface area contributed by atoms with E-state index in [1.165, 1.54) is 7.11 Å². The minimum absolute atomic E-state index is 0.128. The predicted molar refractivity (Wildman–Crippen MR) is 69.1 cm³/mol. The zero-order valence-electron chi connectivity index (χ0n) is 11.2. The lowest BCUT2D eigenvalue weighted by molar-refractivity contribution is -0.140. The summed E-state index contributed by atoms with van der Waals surface area (Å²) in [6, 6.07) is 0. The molecule has 0 aromatic rings. The van der Waals surface area contributed by atoms with Crippen LogP contribution in [-0.4, -0.2) is 38.6 Å². The Bertz CT molecular complexity index is 265. The molecule has 0 aromatic heterocycles. The molecule has 0 unspecified atom stereocenters. The first-order valence-electron chi connectivity index (χ1n) is 6.79. The van der Waals surface area contributed by atoms with E-state index < -0.39 is 0 Å². The lowest BCUT2D eigenvalue weighted by Crippen LogP contribution is -2.50. The van der Waals surface area contributed by atoms with Gasteiger partial charge in [-0.05, 0) is 12.8 Å². The van der Waals surface area contributed by atoms with Crippen molar-refractivity contribution in [1.29, 1.82) is 0 Å². The fourth-order valence-corrected chi connectivity index (χ4v) is 1.86. The van der Waals surface area contributed by atoms with E-state index in [9.17, 15) is 9.59 Å². The van der Waals surface area contributed by atoms with Gasteiger partial charge in [0.15, 0.2) is 0 Å². The summed E-state index contributed by atoms with van der Waals surface area (Å²) in [4.78, 5) is 22.3. The van der Waals surface area contributed by atoms with Gasteiger partial charge < -0.3 is 15.4 Å². The van der Waals surface area contributed by atoms with Crippen LogP contribution in [0.25, 0.3) is 0 Å². The lowest BCUT2D eigenvalue weighted by atomic mass is 10.0. The highest BCUT2D eigenvalue weighted by Gasteiger charge is 2.23. The van der Waals surface area contributed by atoms with Gasteiger partial charge in [0.25, 0.3) is 0 Å². The average Bonchev–Trinajstić information content (AvgIpc) is 2.29. The number of hydrogen-bond acceptors (Lipinski definition) is 4. The van der Waals surface area contributed by atoms with Gasteiger partial charge >= 0.3 is 5.97 Å². The Hall–Kier alpha value is -1.10. The molecule has 0 spiro atoms. The van der Waals surface area contributed by atoms with Crippen LogP contribution in [0.3, 0.4) is 0 Å². The summed E-state index contributed by atoms with van der Waals surface area (Å²) in [5.41, 5.74) is 0. The largest absolute Gasteiger partial charge is 0.469 e. The SMILES string of the molecule is COC(=O)CCCCCCCNC(=O)C1CNC1. The van der Waals surface area contributed by atoms with Crippen molar-refractivity contribution in [2.75, 3.05) is 26.7 Å². The molecule has 5 nitrogen and oxygen atoms in total. The molecule has 0 radical (unpaired) electrons. The molecule has 5 heteroatoms. The monoisotopic (exact) mass is 256 g/mol. The summed E-state index contributed by atoms with van der Waals surface area (Å²) in [7, 11) is 1.42. The summed E-state index contributed by atoms with van der Waals surface area (Å²) < 4.78 is 4.57. The molecule has 1 fully saturated rings. The number of hydrogen-bond donors (Lipinski definition) is 2. The first-order chi connectivity index (χ1) is 8.74. The Morgan fingerprint density at radius 2 is 1.83 bits per heavy atom. The molecule has 0 aliphatic carbocycles. The Balaban J connectivity index is 1.81. The highest BCUT2D eigenvalue weighted by Crippen LogP contribution is 2.06. The van der Waals surface area contributed by atoms with E-state index in [0.29, 0.717) is 6.42 Å². The molecule has 1 saturated heterocycles. The molecular formula is C13H24N2O3. The summed E-state index contributed by atoms with van der Waals surface area (Å²) >= 11 is 0. The smallest absolute Gasteiger partial charge is 0.305 e. The van der Waals surface area contributed by atoms with Crippen LogP contribution in [0, 0.1) is 5.92 Å². The van der Waals surface area contributed by atoms with Crippen molar-refractivity contribution in [2.24, 2.45) is 5.92 Å². The quantitative estimate of drug-likeness (QED) is 0.474.